The highest BCUT2D eigenvalue weighted by Crippen LogP contribution is 2.28. The van der Waals surface area contributed by atoms with Crippen molar-refractivity contribution in [3.05, 3.63) is 48.5 Å². The van der Waals surface area contributed by atoms with Gasteiger partial charge < -0.3 is 10.1 Å². The fourth-order valence-corrected chi connectivity index (χ4v) is 5.09. The van der Waals surface area contributed by atoms with Gasteiger partial charge in [-0.3, -0.25) is 9.03 Å². The van der Waals surface area contributed by atoms with Crippen LogP contribution in [0.2, 0.25) is 0 Å². The molecule has 184 valence electrons. The van der Waals surface area contributed by atoms with Crippen molar-refractivity contribution >= 4 is 53.0 Å². The van der Waals surface area contributed by atoms with Gasteiger partial charge in [0.1, 0.15) is 12.4 Å². The molecule has 0 aromatic heterocycles. The maximum Gasteiger partial charge on any atom is 0.232 e. The normalized spacial score (nSPS) is 11.7. The molecule has 0 atom stereocenters. The van der Waals surface area contributed by atoms with Gasteiger partial charge in [-0.2, -0.15) is 0 Å². The van der Waals surface area contributed by atoms with E-state index >= 15 is 0 Å². The van der Waals surface area contributed by atoms with E-state index in [4.69, 9.17) is 4.74 Å². The van der Waals surface area contributed by atoms with E-state index in [0.717, 1.165) is 36.5 Å². The summed E-state index contributed by atoms with van der Waals surface area (Å²) in [6.45, 7) is 0.800. The molecule has 33 heavy (non-hydrogen) atoms. The first kappa shape index (κ1) is 27.3. The summed E-state index contributed by atoms with van der Waals surface area (Å²) in [4.78, 5) is 0. The third kappa shape index (κ3) is 9.81. The van der Waals surface area contributed by atoms with Crippen molar-refractivity contribution in [3.8, 4) is 5.75 Å². The second-order valence-corrected chi connectivity index (χ2v) is 12.2. The van der Waals surface area contributed by atoms with Gasteiger partial charge in [0.25, 0.3) is 0 Å². The Morgan fingerprint density at radius 1 is 0.909 bits per heavy atom. The van der Waals surface area contributed by atoms with Gasteiger partial charge in [0.05, 0.1) is 17.7 Å². The number of hydrogen-bond donors (Lipinski definition) is 2. The zero-order chi connectivity index (χ0) is 24.3. The van der Waals surface area contributed by atoms with Crippen LogP contribution in [0.3, 0.4) is 0 Å². The lowest BCUT2D eigenvalue weighted by molar-refractivity contribution is 0.334. The fourth-order valence-electron chi connectivity index (χ4n) is 3.00. The summed E-state index contributed by atoms with van der Waals surface area (Å²) in [6, 6.07) is 13.9. The minimum absolute atomic E-state index is 0.114. The molecule has 2 aromatic carbocycles. The van der Waals surface area contributed by atoms with Crippen molar-refractivity contribution in [2.45, 2.75) is 25.7 Å². The first-order valence-corrected chi connectivity index (χ1v) is 15.3. The van der Waals surface area contributed by atoms with E-state index in [0.29, 0.717) is 36.7 Å². The van der Waals surface area contributed by atoms with E-state index in [9.17, 15) is 16.8 Å². The van der Waals surface area contributed by atoms with Crippen LogP contribution in [0.25, 0.3) is 0 Å². The van der Waals surface area contributed by atoms with Gasteiger partial charge in [0.2, 0.25) is 20.0 Å². The van der Waals surface area contributed by atoms with Gasteiger partial charge in [-0.15, -0.1) is 0 Å². The molecule has 0 saturated carbocycles. The molecule has 2 rings (SSSR count). The summed E-state index contributed by atoms with van der Waals surface area (Å²) in [5, 5.41) is 4.14. The molecule has 2 N–H and O–H groups in total. The number of benzene rings is 2. The Balaban J connectivity index is 1.80. The van der Waals surface area contributed by atoms with Crippen LogP contribution in [0.15, 0.2) is 48.5 Å². The second-order valence-electron chi connectivity index (χ2n) is 7.57. The second kappa shape index (κ2) is 13.0. The van der Waals surface area contributed by atoms with E-state index in [1.54, 1.807) is 48.5 Å². The van der Waals surface area contributed by atoms with E-state index in [-0.39, 0.29) is 5.75 Å². The number of hydrogen-bond acceptors (Lipinski definition) is 6. The van der Waals surface area contributed by atoms with E-state index in [1.165, 1.54) is 11.4 Å². The Morgan fingerprint density at radius 3 is 2.21 bits per heavy atom. The quantitative estimate of drug-likeness (QED) is 0.248. The molecule has 0 heterocycles. The first-order chi connectivity index (χ1) is 15.6. The third-order valence-electron chi connectivity index (χ3n) is 4.85. The Kier molecular flexibility index (Phi) is 10.8. The highest BCUT2D eigenvalue weighted by molar-refractivity contribution is 9.09. The number of unbranched alkanes of at least 4 members (excludes halogenated alkanes) is 3. The fraction of sp³-hybridized carbons (Fsp3) is 0.455. The first-order valence-electron chi connectivity index (χ1n) is 10.7. The molecule has 0 aliphatic rings. The molecular formula is C22H32BrN3O5S2. The van der Waals surface area contributed by atoms with Crippen LogP contribution < -0.4 is 19.1 Å². The lowest BCUT2D eigenvalue weighted by atomic mass is 10.2. The van der Waals surface area contributed by atoms with Crippen LogP contribution in [-0.4, -0.2) is 54.4 Å². The number of alkyl halides is 1. The summed E-state index contributed by atoms with van der Waals surface area (Å²) in [7, 11) is -5.27. The molecular weight excluding hydrogens is 530 g/mol. The standard InChI is InChI=1S/C22H32BrN3O5S2/c1-26(32(2,27)28)21-9-5-6-10-22(21)31-17-16-24-19-11-13-20(14-12-19)25-33(29,30)18-8-4-3-7-15-23/h5-6,9-14,24-25H,3-4,7-8,15-18H2,1-2H3. The van der Waals surface area contributed by atoms with Gasteiger partial charge in [0.15, 0.2) is 0 Å². The highest BCUT2D eigenvalue weighted by Gasteiger charge is 2.16. The Hall–Kier alpha value is -1.98. The van der Waals surface area contributed by atoms with Gasteiger partial charge in [0, 0.05) is 30.3 Å². The summed E-state index contributed by atoms with van der Waals surface area (Å²) >= 11 is 3.37. The summed E-state index contributed by atoms with van der Waals surface area (Å²) in [5.41, 5.74) is 1.81. The maximum atomic E-state index is 12.2. The predicted octanol–water partition coefficient (Wildman–Crippen LogP) is 4.27. The predicted molar refractivity (Wildman–Crippen MR) is 140 cm³/mol. The number of anilines is 3. The average Bonchev–Trinajstić information content (AvgIpc) is 2.76. The molecule has 0 unspecified atom stereocenters. The molecule has 0 aliphatic carbocycles. The van der Waals surface area contributed by atoms with Gasteiger partial charge >= 0.3 is 0 Å². The van der Waals surface area contributed by atoms with Crippen molar-refractivity contribution in [2.24, 2.45) is 0 Å². The summed E-state index contributed by atoms with van der Waals surface area (Å²) in [6.07, 6.45) is 4.75. The average molecular weight is 563 g/mol. The number of halogens is 1. The topological polar surface area (TPSA) is 105 Å². The van der Waals surface area contributed by atoms with Gasteiger partial charge in [-0.25, -0.2) is 16.8 Å². The molecule has 0 spiro atoms. The van der Waals surface area contributed by atoms with Crippen molar-refractivity contribution in [2.75, 3.05) is 51.9 Å². The Morgan fingerprint density at radius 2 is 1.55 bits per heavy atom. The molecule has 2 aromatic rings. The van der Waals surface area contributed by atoms with Crippen LogP contribution in [-0.2, 0) is 20.0 Å². The van der Waals surface area contributed by atoms with Crippen molar-refractivity contribution in [3.63, 3.8) is 0 Å². The minimum Gasteiger partial charge on any atom is -0.490 e. The number of para-hydroxylation sites is 2. The van der Waals surface area contributed by atoms with Crippen LogP contribution in [0, 0.1) is 0 Å². The minimum atomic E-state index is -3.39. The number of sulfonamides is 2. The van der Waals surface area contributed by atoms with E-state index in [2.05, 4.69) is 26.0 Å². The van der Waals surface area contributed by atoms with Crippen molar-refractivity contribution < 1.29 is 21.6 Å². The molecule has 8 nitrogen and oxygen atoms in total. The Bertz CT molecular complexity index is 1080. The molecule has 0 fully saturated rings. The van der Waals surface area contributed by atoms with Crippen LogP contribution in [0.5, 0.6) is 5.75 Å². The molecule has 0 amide bonds. The number of rotatable bonds is 15. The van der Waals surface area contributed by atoms with E-state index in [1.807, 2.05) is 0 Å². The summed E-state index contributed by atoms with van der Waals surface area (Å²) < 4.78 is 57.6. The van der Waals surface area contributed by atoms with Crippen LogP contribution in [0.4, 0.5) is 17.1 Å². The van der Waals surface area contributed by atoms with E-state index < -0.39 is 20.0 Å². The van der Waals surface area contributed by atoms with Crippen LogP contribution in [0.1, 0.15) is 25.7 Å². The molecule has 0 saturated heterocycles. The Labute approximate surface area is 206 Å². The van der Waals surface area contributed by atoms with Gasteiger partial charge in [-0.1, -0.05) is 40.9 Å². The van der Waals surface area contributed by atoms with Crippen molar-refractivity contribution in [1.82, 2.24) is 0 Å². The maximum absolute atomic E-state index is 12.2. The van der Waals surface area contributed by atoms with Crippen LogP contribution >= 0.6 is 15.9 Å². The highest BCUT2D eigenvalue weighted by atomic mass is 79.9. The SMILES string of the molecule is CN(c1ccccc1OCCNc1ccc(NS(=O)(=O)CCCCCCBr)cc1)S(C)(=O)=O. The van der Waals surface area contributed by atoms with Crippen molar-refractivity contribution in [1.29, 1.82) is 0 Å². The smallest absolute Gasteiger partial charge is 0.232 e. The number of nitrogens with one attached hydrogen (secondary N) is 2. The monoisotopic (exact) mass is 561 g/mol. The van der Waals surface area contributed by atoms with Gasteiger partial charge in [-0.05, 0) is 49.2 Å². The third-order valence-corrected chi connectivity index (χ3v) is 7.97. The molecule has 0 bridgehead atoms. The summed E-state index contributed by atoms with van der Waals surface area (Å²) in [5.74, 6) is 0.590. The zero-order valence-corrected chi connectivity index (χ0v) is 22.2. The number of ether oxygens (including phenoxy) is 1. The lowest BCUT2D eigenvalue weighted by Gasteiger charge is -2.20. The largest absolute Gasteiger partial charge is 0.490 e. The number of nitrogens with zero attached hydrogens (tertiary/aromatic N) is 1. The molecule has 11 heteroatoms. The lowest BCUT2D eigenvalue weighted by Crippen LogP contribution is -2.25. The molecule has 0 aliphatic heterocycles. The zero-order valence-electron chi connectivity index (χ0n) is 19.0. The molecule has 0 radical (unpaired) electrons.